The number of carbonyl (C=O) groups is 3. The van der Waals surface area contributed by atoms with Crippen LogP contribution < -0.4 is 11.1 Å². The predicted octanol–water partition coefficient (Wildman–Crippen LogP) is 3.61. The fourth-order valence-corrected chi connectivity index (χ4v) is 2.93. The van der Waals surface area contributed by atoms with Crippen molar-refractivity contribution in [1.29, 1.82) is 0 Å². The Morgan fingerprint density at radius 2 is 1.47 bits per heavy atom. The van der Waals surface area contributed by atoms with E-state index in [0.717, 1.165) is 64.2 Å². The number of amides is 2. The first kappa shape index (κ1) is 27.8. The van der Waals surface area contributed by atoms with Gasteiger partial charge in [-0.15, -0.1) is 0 Å². The van der Waals surface area contributed by atoms with Gasteiger partial charge in [-0.3, -0.25) is 9.59 Å². The van der Waals surface area contributed by atoms with Gasteiger partial charge in [0, 0.05) is 12.8 Å². The van der Waals surface area contributed by atoms with Crippen molar-refractivity contribution in [2.45, 2.75) is 103 Å². The Labute approximate surface area is 180 Å². The number of carboxylic acids is 1. The Hall–Kier alpha value is -2.15. The molecule has 0 bridgehead atoms. The van der Waals surface area contributed by atoms with E-state index in [2.05, 4.69) is 29.6 Å². The number of hydrogen-bond acceptors (Lipinski definition) is 4. The molecule has 0 heterocycles. The van der Waals surface area contributed by atoms with Crippen LogP contribution in [0.1, 0.15) is 90.4 Å². The summed E-state index contributed by atoms with van der Waals surface area (Å²) in [5.41, 5.74) is 5.02. The number of aliphatic carboxylic acids is 1. The fourth-order valence-electron chi connectivity index (χ4n) is 2.93. The monoisotopic (exact) mass is 424 g/mol. The molecule has 0 fully saturated rings. The van der Waals surface area contributed by atoms with Crippen LogP contribution in [0.25, 0.3) is 0 Å². The maximum atomic E-state index is 11.8. The maximum absolute atomic E-state index is 11.8. The first-order chi connectivity index (χ1) is 14.3. The summed E-state index contributed by atoms with van der Waals surface area (Å²) in [6.45, 7) is 1.82. The molecular formula is C23H40N2O5. The van der Waals surface area contributed by atoms with E-state index >= 15 is 0 Å². The second-order valence-electron chi connectivity index (χ2n) is 7.73. The Kier molecular flexibility index (Phi) is 17.5. The summed E-state index contributed by atoms with van der Waals surface area (Å²) in [7, 11) is 0. The van der Waals surface area contributed by atoms with Gasteiger partial charge in [0.2, 0.25) is 11.8 Å². The molecule has 0 aromatic rings. The summed E-state index contributed by atoms with van der Waals surface area (Å²) >= 11 is 0. The van der Waals surface area contributed by atoms with Gasteiger partial charge in [0.05, 0.1) is 6.10 Å². The second-order valence-corrected chi connectivity index (χ2v) is 7.73. The molecule has 0 aliphatic heterocycles. The van der Waals surface area contributed by atoms with Crippen molar-refractivity contribution in [2.75, 3.05) is 0 Å². The number of unbranched alkanes of at least 4 members (excludes halogenated alkanes) is 6. The van der Waals surface area contributed by atoms with Crippen LogP contribution in [-0.2, 0) is 14.4 Å². The van der Waals surface area contributed by atoms with Gasteiger partial charge in [0.1, 0.15) is 6.04 Å². The average Bonchev–Trinajstić information content (AvgIpc) is 2.67. The third-order valence-electron chi connectivity index (χ3n) is 4.69. The first-order valence-corrected chi connectivity index (χ1v) is 11.1. The molecule has 7 heteroatoms. The smallest absolute Gasteiger partial charge is 0.326 e. The van der Waals surface area contributed by atoms with Crippen LogP contribution in [-0.4, -0.2) is 40.1 Å². The van der Waals surface area contributed by atoms with E-state index in [4.69, 9.17) is 15.9 Å². The van der Waals surface area contributed by atoms with E-state index in [-0.39, 0.29) is 24.9 Å². The van der Waals surface area contributed by atoms with Crippen LogP contribution in [0.5, 0.6) is 0 Å². The summed E-state index contributed by atoms with van der Waals surface area (Å²) in [4.78, 5) is 33.7. The molecule has 2 unspecified atom stereocenters. The number of allylic oxidation sites excluding steroid dienone is 4. The molecule has 0 saturated carbocycles. The third-order valence-corrected chi connectivity index (χ3v) is 4.69. The highest BCUT2D eigenvalue weighted by molar-refractivity contribution is 5.84. The number of rotatable bonds is 19. The van der Waals surface area contributed by atoms with E-state index in [0.29, 0.717) is 6.42 Å². The molecule has 0 aromatic heterocycles. The van der Waals surface area contributed by atoms with Crippen molar-refractivity contribution in [3.05, 3.63) is 24.3 Å². The van der Waals surface area contributed by atoms with Crippen LogP contribution in [0.2, 0.25) is 0 Å². The zero-order valence-electron chi connectivity index (χ0n) is 18.4. The molecule has 2 amide bonds. The van der Waals surface area contributed by atoms with Crippen molar-refractivity contribution in [2.24, 2.45) is 5.73 Å². The molecule has 2 atom stereocenters. The number of carbonyl (C=O) groups excluding carboxylic acids is 2. The normalized spacial score (nSPS) is 13.5. The van der Waals surface area contributed by atoms with Crippen LogP contribution in [0.15, 0.2) is 24.3 Å². The minimum atomic E-state index is -1.15. The molecule has 0 radical (unpaired) electrons. The van der Waals surface area contributed by atoms with Gasteiger partial charge >= 0.3 is 5.97 Å². The number of nitrogens with one attached hydrogen (secondary N) is 1. The highest BCUT2D eigenvalue weighted by Gasteiger charge is 2.20. The van der Waals surface area contributed by atoms with Gasteiger partial charge in [-0.05, 0) is 58.3 Å². The van der Waals surface area contributed by atoms with E-state index in [1.807, 2.05) is 6.92 Å². The summed E-state index contributed by atoms with van der Waals surface area (Å²) < 4.78 is 0. The average molecular weight is 425 g/mol. The molecule has 0 spiro atoms. The van der Waals surface area contributed by atoms with Crippen LogP contribution in [0.4, 0.5) is 0 Å². The highest BCUT2D eigenvalue weighted by Crippen LogP contribution is 2.09. The standard InChI is InChI=1S/C23H40N2O5/c1-19(26)15-13-11-9-7-5-3-2-4-6-8-10-12-14-16-22(28)25-20(23(29)30)17-18-21(24)27/h2-3,7,9,19-20,26H,4-6,8,10-18H2,1H3,(H2,24,27)(H,25,28)(H,29,30). The first-order valence-electron chi connectivity index (χ1n) is 11.1. The molecular weight excluding hydrogens is 384 g/mol. The van der Waals surface area contributed by atoms with Crippen molar-refractivity contribution >= 4 is 17.8 Å². The summed E-state index contributed by atoms with van der Waals surface area (Å²) in [5, 5.41) is 20.7. The van der Waals surface area contributed by atoms with Gasteiger partial charge in [-0.25, -0.2) is 4.79 Å². The fraction of sp³-hybridized carbons (Fsp3) is 0.696. The van der Waals surface area contributed by atoms with Crippen LogP contribution >= 0.6 is 0 Å². The van der Waals surface area contributed by atoms with E-state index in [1.165, 1.54) is 0 Å². The largest absolute Gasteiger partial charge is 0.480 e. The SMILES string of the molecule is CC(O)CCCC=CCC=CCCCCCCCC(=O)NC(CCC(N)=O)C(=O)O. The minimum Gasteiger partial charge on any atom is -0.480 e. The summed E-state index contributed by atoms with van der Waals surface area (Å²) in [6, 6.07) is -1.06. The maximum Gasteiger partial charge on any atom is 0.326 e. The molecule has 172 valence electrons. The van der Waals surface area contributed by atoms with Crippen LogP contribution in [0, 0.1) is 0 Å². The molecule has 30 heavy (non-hydrogen) atoms. The van der Waals surface area contributed by atoms with E-state index < -0.39 is 17.9 Å². The van der Waals surface area contributed by atoms with E-state index in [9.17, 15) is 14.4 Å². The number of aliphatic hydroxyl groups excluding tert-OH is 1. The van der Waals surface area contributed by atoms with Crippen LogP contribution in [0.3, 0.4) is 0 Å². The lowest BCUT2D eigenvalue weighted by atomic mass is 10.1. The van der Waals surface area contributed by atoms with E-state index in [1.54, 1.807) is 0 Å². The Bertz CT molecular complexity index is 544. The lowest BCUT2D eigenvalue weighted by Crippen LogP contribution is -2.41. The molecule has 0 aliphatic carbocycles. The van der Waals surface area contributed by atoms with Crippen molar-refractivity contribution in [3.8, 4) is 0 Å². The summed E-state index contributed by atoms with van der Waals surface area (Å²) in [5.74, 6) is -2.02. The van der Waals surface area contributed by atoms with Gasteiger partial charge in [0.15, 0.2) is 0 Å². The number of nitrogens with two attached hydrogens (primary N) is 1. The quantitative estimate of drug-likeness (QED) is 0.186. The zero-order chi connectivity index (χ0) is 22.6. The lowest BCUT2D eigenvalue weighted by molar-refractivity contribution is -0.142. The molecule has 0 rings (SSSR count). The molecule has 0 aromatic carbocycles. The Morgan fingerprint density at radius 1 is 0.867 bits per heavy atom. The minimum absolute atomic E-state index is 0.0166. The highest BCUT2D eigenvalue weighted by atomic mass is 16.4. The van der Waals surface area contributed by atoms with Crippen molar-refractivity contribution < 1.29 is 24.6 Å². The Balaban J connectivity index is 3.61. The van der Waals surface area contributed by atoms with Crippen molar-refractivity contribution in [1.82, 2.24) is 5.32 Å². The van der Waals surface area contributed by atoms with Gasteiger partial charge in [0.25, 0.3) is 0 Å². The predicted molar refractivity (Wildman–Crippen MR) is 119 cm³/mol. The number of hydrogen-bond donors (Lipinski definition) is 4. The lowest BCUT2D eigenvalue weighted by Gasteiger charge is -2.13. The van der Waals surface area contributed by atoms with Gasteiger partial charge < -0.3 is 21.3 Å². The molecule has 0 aliphatic rings. The number of aliphatic hydroxyl groups is 1. The van der Waals surface area contributed by atoms with Crippen molar-refractivity contribution in [3.63, 3.8) is 0 Å². The van der Waals surface area contributed by atoms with Gasteiger partial charge in [-0.2, -0.15) is 0 Å². The molecule has 0 saturated heterocycles. The zero-order valence-corrected chi connectivity index (χ0v) is 18.4. The summed E-state index contributed by atoms with van der Waals surface area (Å²) in [6.07, 6.45) is 18.6. The molecule has 7 nitrogen and oxygen atoms in total. The second kappa shape index (κ2) is 18.9. The topological polar surface area (TPSA) is 130 Å². The third kappa shape index (κ3) is 19.2. The number of primary amides is 1. The van der Waals surface area contributed by atoms with Gasteiger partial charge in [-0.1, -0.05) is 43.6 Å². The molecule has 5 N–H and O–H groups in total. The number of carboxylic acid groups (broad SMARTS) is 1. The Morgan fingerprint density at radius 3 is 2.07 bits per heavy atom.